The minimum absolute atomic E-state index is 0.153. The number of carboxylic acids is 1. The molecule has 4 N–H and O–H groups in total. The topological polar surface area (TPSA) is 95.7 Å². The fourth-order valence-electron chi connectivity index (χ4n) is 2.04. The highest BCUT2D eigenvalue weighted by molar-refractivity contribution is 5.82. The SMILES string of the molecule is CC(C)C[C@@H](NC(=O)N1CCC(N)CC1)C(=O)O. The summed E-state index contributed by atoms with van der Waals surface area (Å²) >= 11 is 0. The zero-order valence-electron chi connectivity index (χ0n) is 11.1. The number of nitrogens with one attached hydrogen (secondary N) is 1. The van der Waals surface area contributed by atoms with E-state index in [1.165, 1.54) is 0 Å². The normalized spacial score (nSPS) is 18.8. The molecule has 0 spiro atoms. The van der Waals surface area contributed by atoms with Crippen molar-refractivity contribution in [2.24, 2.45) is 11.7 Å². The van der Waals surface area contributed by atoms with Crippen molar-refractivity contribution in [3.05, 3.63) is 0 Å². The smallest absolute Gasteiger partial charge is 0.326 e. The first-order valence-corrected chi connectivity index (χ1v) is 6.44. The summed E-state index contributed by atoms with van der Waals surface area (Å²) in [5.41, 5.74) is 5.76. The molecular formula is C12H23N3O3. The van der Waals surface area contributed by atoms with Gasteiger partial charge in [-0.15, -0.1) is 0 Å². The molecule has 0 bridgehead atoms. The summed E-state index contributed by atoms with van der Waals surface area (Å²) in [6, 6.07) is -0.956. The molecule has 1 atom stereocenters. The van der Waals surface area contributed by atoms with E-state index in [0.29, 0.717) is 19.5 Å². The molecule has 0 saturated carbocycles. The van der Waals surface area contributed by atoms with Crippen LogP contribution in [0, 0.1) is 5.92 Å². The van der Waals surface area contributed by atoms with Gasteiger partial charge < -0.3 is 21.1 Å². The number of urea groups is 1. The third kappa shape index (κ3) is 4.52. The number of carbonyl (C=O) groups excluding carboxylic acids is 1. The summed E-state index contributed by atoms with van der Waals surface area (Å²) in [5, 5.41) is 11.6. The number of rotatable bonds is 4. The van der Waals surface area contributed by atoms with E-state index in [1.54, 1.807) is 4.90 Å². The summed E-state index contributed by atoms with van der Waals surface area (Å²) in [7, 11) is 0. The van der Waals surface area contributed by atoms with Crippen molar-refractivity contribution in [2.45, 2.75) is 45.2 Å². The average Bonchev–Trinajstić information content (AvgIpc) is 2.28. The Hall–Kier alpha value is -1.30. The van der Waals surface area contributed by atoms with Gasteiger partial charge in [-0.25, -0.2) is 9.59 Å². The number of carboxylic acid groups (broad SMARTS) is 1. The molecule has 0 aromatic carbocycles. The Balaban J connectivity index is 2.48. The van der Waals surface area contributed by atoms with Crippen molar-refractivity contribution in [1.29, 1.82) is 0 Å². The van der Waals surface area contributed by atoms with E-state index in [0.717, 1.165) is 12.8 Å². The van der Waals surface area contributed by atoms with Crippen LogP contribution in [0.2, 0.25) is 0 Å². The lowest BCUT2D eigenvalue weighted by molar-refractivity contribution is -0.139. The van der Waals surface area contributed by atoms with Gasteiger partial charge in [-0.1, -0.05) is 13.8 Å². The molecule has 104 valence electrons. The van der Waals surface area contributed by atoms with Gasteiger partial charge in [0.25, 0.3) is 0 Å². The van der Waals surface area contributed by atoms with Gasteiger partial charge in [0, 0.05) is 19.1 Å². The molecule has 1 saturated heterocycles. The highest BCUT2D eigenvalue weighted by Gasteiger charge is 2.26. The molecule has 0 aliphatic carbocycles. The molecule has 0 aromatic heterocycles. The van der Waals surface area contributed by atoms with Crippen LogP contribution in [0.3, 0.4) is 0 Å². The molecule has 1 aliphatic heterocycles. The van der Waals surface area contributed by atoms with E-state index in [2.05, 4.69) is 5.32 Å². The van der Waals surface area contributed by atoms with Crippen LogP contribution in [-0.4, -0.2) is 47.2 Å². The Labute approximate surface area is 108 Å². The average molecular weight is 257 g/mol. The van der Waals surface area contributed by atoms with Crippen molar-refractivity contribution < 1.29 is 14.7 Å². The summed E-state index contributed by atoms with van der Waals surface area (Å²) < 4.78 is 0. The monoisotopic (exact) mass is 257 g/mol. The number of nitrogens with two attached hydrogens (primary N) is 1. The Morgan fingerprint density at radius 3 is 2.39 bits per heavy atom. The van der Waals surface area contributed by atoms with Crippen molar-refractivity contribution in [1.82, 2.24) is 10.2 Å². The number of piperidine rings is 1. The van der Waals surface area contributed by atoms with Crippen LogP contribution < -0.4 is 11.1 Å². The highest BCUT2D eigenvalue weighted by Crippen LogP contribution is 2.10. The molecule has 1 aliphatic rings. The predicted molar refractivity (Wildman–Crippen MR) is 68.2 cm³/mol. The second kappa shape index (κ2) is 6.58. The molecule has 0 radical (unpaired) electrons. The Morgan fingerprint density at radius 2 is 1.94 bits per heavy atom. The lowest BCUT2D eigenvalue weighted by atomic mass is 10.0. The number of carbonyl (C=O) groups is 2. The number of hydrogen-bond donors (Lipinski definition) is 3. The molecule has 1 fully saturated rings. The summed E-state index contributed by atoms with van der Waals surface area (Å²) in [6.45, 7) is 5.06. The molecule has 6 heteroatoms. The van der Waals surface area contributed by atoms with Crippen LogP contribution in [0.4, 0.5) is 4.79 Å². The number of nitrogens with zero attached hydrogens (tertiary/aromatic N) is 1. The van der Waals surface area contributed by atoms with Gasteiger partial charge in [0.15, 0.2) is 0 Å². The van der Waals surface area contributed by atoms with E-state index in [-0.39, 0.29) is 18.0 Å². The summed E-state index contributed by atoms with van der Waals surface area (Å²) in [4.78, 5) is 24.6. The molecule has 1 heterocycles. The molecular weight excluding hydrogens is 234 g/mol. The van der Waals surface area contributed by atoms with Crippen LogP contribution in [-0.2, 0) is 4.79 Å². The maximum atomic E-state index is 11.9. The fraction of sp³-hybridized carbons (Fsp3) is 0.833. The first-order chi connectivity index (χ1) is 8.40. The summed E-state index contributed by atoms with van der Waals surface area (Å²) in [6.07, 6.45) is 1.99. The highest BCUT2D eigenvalue weighted by atomic mass is 16.4. The molecule has 6 nitrogen and oxygen atoms in total. The van der Waals surface area contributed by atoms with Gasteiger partial charge >= 0.3 is 12.0 Å². The van der Waals surface area contributed by atoms with Crippen LogP contribution in [0.15, 0.2) is 0 Å². The Bertz CT molecular complexity index is 299. The molecule has 18 heavy (non-hydrogen) atoms. The number of hydrogen-bond acceptors (Lipinski definition) is 3. The van der Waals surface area contributed by atoms with Crippen molar-refractivity contribution >= 4 is 12.0 Å². The molecule has 0 unspecified atom stereocenters. The quantitative estimate of drug-likeness (QED) is 0.688. The number of aliphatic carboxylic acids is 1. The van der Waals surface area contributed by atoms with Gasteiger partial charge in [-0.05, 0) is 25.2 Å². The third-order valence-corrected chi connectivity index (χ3v) is 3.13. The zero-order chi connectivity index (χ0) is 13.7. The van der Waals surface area contributed by atoms with Gasteiger partial charge in [0.2, 0.25) is 0 Å². The van der Waals surface area contributed by atoms with E-state index >= 15 is 0 Å². The van der Waals surface area contributed by atoms with E-state index in [1.807, 2.05) is 13.8 Å². The number of likely N-dealkylation sites (tertiary alicyclic amines) is 1. The second-order valence-corrected chi connectivity index (χ2v) is 5.29. The standard InChI is InChI=1S/C12H23N3O3/c1-8(2)7-10(11(16)17)14-12(18)15-5-3-9(13)4-6-15/h8-10H,3-7,13H2,1-2H3,(H,14,18)(H,16,17)/t10-/m1/s1. The van der Waals surface area contributed by atoms with Crippen LogP contribution in [0.25, 0.3) is 0 Å². The van der Waals surface area contributed by atoms with Crippen LogP contribution >= 0.6 is 0 Å². The van der Waals surface area contributed by atoms with Crippen molar-refractivity contribution in [2.75, 3.05) is 13.1 Å². The molecule has 1 rings (SSSR count). The lowest BCUT2D eigenvalue weighted by Crippen LogP contribution is -2.51. The number of amides is 2. The predicted octanol–water partition coefficient (Wildman–Crippen LogP) is 0.618. The van der Waals surface area contributed by atoms with Gasteiger partial charge in [0.05, 0.1) is 0 Å². The van der Waals surface area contributed by atoms with Gasteiger partial charge in [-0.2, -0.15) is 0 Å². The Kier molecular flexibility index (Phi) is 5.40. The minimum Gasteiger partial charge on any atom is -0.480 e. The van der Waals surface area contributed by atoms with E-state index in [4.69, 9.17) is 10.8 Å². The first kappa shape index (κ1) is 14.8. The maximum Gasteiger partial charge on any atom is 0.326 e. The van der Waals surface area contributed by atoms with Gasteiger partial charge in [0.1, 0.15) is 6.04 Å². The van der Waals surface area contributed by atoms with E-state index in [9.17, 15) is 9.59 Å². The lowest BCUT2D eigenvalue weighted by Gasteiger charge is -2.31. The fourth-order valence-corrected chi connectivity index (χ4v) is 2.04. The summed E-state index contributed by atoms with van der Waals surface area (Å²) in [5.74, 6) is -0.757. The minimum atomic E-state index is -0.981. The molecule has 2 amide bonds. The molecule has 0 aromatic rings. The van der Waals surface area contributed by atoms with Crippen LogP contribution in [0.1, 0.15) is 33.1 Å². The van der Waals surface area contributed by atoms with Crippen molar-refractivity contribution in [3.63, 3.8) is 0 Å². The maximum absolute atomic E-state index is 11.9. The van der Waals surface area contributed by atoms with Gasteiger partial charge in [-0.3, -0.25) is 0 Å². The second-order valence-electron chi connectivity index (χ2n) is 5.29. The Morgan fingerprint density at radius 1 is 1.39 bits per heavy atom. The van der Waals surface area contributed by atoms with E-state index < -0.39 is 12.0 Å². The van der Waals surface area contributed by atoms with Crippen molar-refractivity contribution in [3.8, 4) is 0 Å². The third-order valence-electron chi connectivity index (χ3n) is 3.13. The first-order valence-electron chi connectivity index (χ1n) is 6.44. The van der Waals surface area contributed by atoms with Crippen LogP contribution in [0.5, 0.6) is 0 Å². The largest absolute Gasteiger partial charge is 0.480 e. The zero-order valence-corrected chi connectivity index (χ0v) is 11.1.